The molecule has 0 fully saturated rings. The second-order valence-electron chi connectivity index (χ2n) is 4.01. The van der Waals surface area contributed by atoms with Gasteiger partial charge in [-0.1, -0.05) is 28.1 Å². The molecule has 0 spiro atoms. The van der Waals surface area contributed by atoms with E-state index in [1.807, 2.05) is 24.3 Å². The molecule has 0 atom stereocenters. The van der Waals surface area contributed by atoms with Crippen LogP contribution in [0, 0.1) is 0 Å². The lowest BCUT2D eigenvalue weighted by Crippen LogP contribution is -2.34. The molecule has 0 aliphatic heterocycles. The van der Waals surface area contributed by atoms with Gasteiger partial charge in [0.2, 0.25) is 0 Å². The van der Waals surface area contributed by atoms with E-state index >= 15 is 0 Å². The number of hydrazone groups is 1. The molecule has 6 nitrogen and oxygen atoms in total. The lowest BCUT2D eigenvalue weighted by Gasteiger charge is -2.01. The van der Waals surface area contributed by atoms with Gasteiger partial charge in [0.1, 0.15) is 0 Å². The Kier molecular flexibility index (Phi) is 5.28. The van der Waals surface area contributed by atoms with Crippen molar-refractivity contribution < 1.29 is 14.0 Å². The fourth-order valence-electron chi connectivity index (χ4n) is 1.46. The van der Waals surface area contributed by atoms with E-state index in [1.54, 1.807) is 6.07 Å². The highest BCUT2D eigenvalue weighted by atomic mass is 79.9. The van der Waals surface area contributed by atoms with Crippen LogP contribution in [0.5, 0.6) is 0 Å². The molecule has 0 aliphatic rings. The van der Waals surface area contributed by atoms with E-state index in [2.05, 4.69) is 31.8 Å². The average molecular weight is 350 g/mol. The molecule has 1 aromatic carbocycles. The lowest BCUT2D eigenvalue weighted by molar-refractivity contribution is -0.120. The number of amides is 2. The maximum absolute atomic E-state index is 11.5. The SMILES string of the molecule is O=C(CNC(=O)c1ccco1)N/N=C/c1cccc(Br)c1. The Morgan fingerprint density at radius 2 is 2.14 bits per heavy atom. The van der Waals surface area contributed by atoms with E-state index in [0.29, 0.717) is 0 Å². The van der Waals surface area contributed by atoms with Crippen molar-refractivity contribution in [1.82, 2.24) is 10.7 Å². The first-order valence-corrected chi connectivity index (χ1v) is 6.83. The number of nitrogens with zero attached hydrogens (tertiary/aromatic N) is 1. The van der Waals surface area contributed by atoms with Crippen LogP contribution < -0.4 is 10.7 Å². The summed E-state index contributed by atoms with van der Waals surface area (Å²) in [6.45, 7) is -0.185. The third-order valence-electron chi connectivity index (χ3n) is 2.41. The molecule has 0 aliphatic carbocycles. The van der Waals surface area contributed by atoms with Gasteiger partial charge in [-0.25, -0.2) is 5.43 Å². The first kappa shape index (κ1) is 15.0. The van der Waals surface area contributed by atoms with E-state index in [-0.39, 0.29) is 12.3 Å². The smallest absolute Gasteiger partial charge is 0.287 e. The molecule has 1 heterocycles. The Labute approximate surface area is 129 Å². The molecule has 2 rings (SSSR count). The maximum atomic E-state index is 11.5. The molecule has 0 radical (unpaired) electrons. The molecule has 7 heteroatoms. The molecule has 2 aromatic rings. The fraction of sp³-hybridized carbons (Fsp3) is 0.0714. The van der Waals surface area contributed by atoms with Crippen molar-refractivity contribution in [1.29, 1.82) is 0 Å². The molecule has 0 bridgehead atoms. The maximum Gasteiger partial charge on any atom is 0.287 e. The summed E-state index contributed by atoms with van der Waals surface area (Å²) in [7, 11) is 0. The van der Waals surface area contributed by atoms with Crippen molar-refractivity contribution in [3.8, 4) is 0 Å². The highest BCUT2D eigenvalue weighted by molar-refractivity contribution is 9.10. The Morgan fingerprint density at radius 1 is 1.29 bits per heavy atom. The van der Waals surface area contributed by atoms with Gasteiger partial charge < -0.3 is 9.73 Å². The van der Waals surface area contributed by atoms with Crippen LogP contribution in [0.3, 0.4) is 0 Å². The van der Waals surface area contributed by atoms with Crippen molar-refractivity contribution in [3.63, 3.8) is 0 Å². The quantitative estimate of drug-likeness (QED) is 0.638. The highest BCUT2D eigenvalue weighted by Gasteiger charge is 2.09. The van der Waals surface area contributed by atoms with Crippen LogP contribution in [-0.4, -0.2) is 24.6 Å². The minimum atomic E-state index is -0.453. The topological polar surface area (TPSA) is 83.7 Å². The number of carbonyl (C=O) groups excluding carboxylic acids is 2. The summed E-state index contributed by atoms with van der Waals surface area (Å²) in [5, 5.41) is 6.22. The number of halogens is 1. The number of hydrogen-bond acceptors (Lipinski definition) is 4. The predicted molar refractivity (Wildman–Crippen MR) is 80.9 cm³/mol. The average Bonchev–Trinajstić information content (AvgIpc) is 2.99. The molecular formula is C14H12BrN3O3. The summed E-state index contributed by atoms with van der Waals surface area (Å²) in [5.74, 6) is -0.729. The number of rotatable bonds is 5. The van der Waals surface area contributed by atoms with Gasteiger partial charge in [0.05, 0.1) is 19.0 Å². The first-order valence-electron chi connectivity index (χ1n) is 6.04. The molecule has 0 saturated carbocycles. The van der Waals surface area contributed by atoms with Crippen LogP contribution in [0.1, 0.15) is 16.1 Å². The van der Waals surface area contributed by atoms with Crippen LogP contribution in [0.4, 0.5) is 0 Å². The van der Waals surface area contributed by atoms with E-state index in [9.17, 15) is 9.59 Å². The summed E-state index contributed by atoms with van der Waals surface area (Å²) >= 11 is 3.34. The van der Waals surface area contributed by atoms with Crippen LogP contribution >= 0.6 is 15.9 Å². The standard InChI is InChI=1S/C14H12BrN3O3/c15-11-4-1-3-10(7-11)8-17-18-13(19)9-16-14(20)12-5-2-6-21-12/h1-8H,9H2,(H,16,20)(H,18,19)/b17-8+. The van der Waals surface area contributed by atoms with Gasteiger partial charge in [-0.3, -0.25) is 9.59 Å². The van der Waals surface area contributed by atoms with Gasteiger partial charge in [-0.15, -0.1) is 0 Å². The zero-order chi connectivity index (χ0) is 15.1. The largest absolute Gasteiger partial charge is 0.459 e. The van der Waals surface area contributed by atoms with Crippen molar-refractivity contribution in [2.45, 2.75) is 0 Å². The molecule has 0 saturated heterocycles. The number of hydrogen-bond donors (Lipinski definition) is 2. The third-order valence-corrected chi connectivity index (χ3v) is 2.90. The van der Waals surface area contributed by atoms with Gasteiger partial charge in [-0.2, -0.15) is 5.10 Å². The normalized spacial score (nSPS) is 10.5. The molecule has 108 valence electrons. The predicted octanol–water partition coefficient (Wildman–Crippen LogP) is 1.92. The Bertz CT molecular complexity index is 653. The zero-order valence-electron chi connectivity index (χ0n) is 10.9. The summed E-state index contributed by atoms with van der Waals surface area (Å²) in [6, 6.07) is 10.6. The number of nitrogens with one attached hydrogen (secondary N) is 2. The third kappa shape index (κ3) is 4.88. The van der Waals surface area contributed by atoms with E-state index in [1.165, 1.54) is 18.5 Å². The van der Waals surface area contributed by atoms with Gasteiger partial charge >= 0.3 is 0 Å². The van der Waals surface area contributed by atoms with E-state index in [4.69, 9.17) is 4.42 Å². The van der Waals surface area contributed by atoms with Crippen LogP contribution in [0.2, 0.25) is 0 Å². The van der Waals surface area contributed by atoms with E-state index in [0.717, 1.165) is 10.0 Å². The van der Waals surface area contributed by atoms with Crippen molar-refractivity contribution in [2.75, 3.05) is 6.54 Å². The fourth-order valence-corrected chi connectivity index (χ4v) is 1.88. The molecule has 2 N–H and O–H groups in total. The molecule has 1 aromatic heterocycles. The monoisotopic (exact) mass is 349 g/mol. The number of benzene rings is 1. The van der Waals surface area contributed by atoms with Crippen LogP contribution in [0.25, 0.3) is 0 Å². The Balaban J connectivity index is 1.76. The second kappa shape index (κ2) is 7.39. The Morgan fingerprint density at radius 3 is 2.86 bits per heavy atom. The van der Waals surface area contributed by atoms with Gasteiger partial charge in [-0.05, 0) is 29.8 Å². The summed E-state index contributed by atoms with van der Waals surface area (Å²) in [5.41, 5.74) is 3.16. The van der Waals surface area contributed by atoms with Gasteiger partial charge in [0.25, 0.3) is 11.8 Å². The molecule has 2 amide bonds. The number of carbonyl (C=O) groups is 2. The van der Waals surface area contributed by atoms with Crippen LogP contribution in [0.15, 0.2) is 56.7 Å². The van der Waals surface area contributed by atoms with Gasteiger partial charge in [0, 0.05) is 4.47 Å². The van der Waals surface area contributed by atoms with Crippen molar-refractivity contribution in [2.24, 2.45) is 5.10 Å². The zero-order valence-corrected chi connectivity index (χ0v) is 12.5. The van der Waals surface area contributed by atoms with Crippen molar-refractivity contribution >= 4 is 34.0 Å². The minimum absolute atomic E-state index is 0.153. The summed E-state index contributed by atoms with van der Waals surface area (Å²) in [6.07, 6.45) is 2.90. The highest BCUT2D eigenvalue weighted by Crippen LogP contribution is 2.09. The van der Waals surface area contributed by atoms with Gasteiger partial charge in [0.15, 0.2) is 5.76 Å². The summed E-state index contributed by atoms with van der Waals surface area (Å²) < 4.78 is 5.82. The molecule has 21 heavy (non-hydrogen) atoms. The molecule has 0 unspecified atom stereocenters. The van der Waals surface area contributed by atoms with Crippen LogP contribution in [-0.2, 0) is 4.79 Å². The minimum Gasteiger partial charge on any atom is -0.459 e. The molecular weight excluding hydrogens is 338 g/mol. The van der Waals surface area contributed by atoms with E-state index < -0.39 is 11.8 Å². The summed E-state index contributed by atoms with van der Waals surface area (Å²) in [4.78, 5) is 23.0. The number of furan rings is 1. The van der Waals surface area contributed by atoms with Crippen molar-refractivity contribution in [3.05, 3.63) is 58.5 Å². The first-order chi connectivity index (χ1) is 10.1. The second-order valence-corrected chi connectivity index (χ2v) is 4.92. The Hall–Kier alpha value is -2.41. The lowest BCUT2D eigenvalue weighted by atomic mass is 10.2.